The molecule has 0 atom stereocenters. The molecule has 0 bridgehead atoms. The molecule has 0 spiro atoms. The van der Waals surface area contributed by atoms with Crippen molar-refractivity contribution in [3.05, 3.63) is 59.7 Å². The number of halogens is 4. The topological polar surface area (TPSA) is 17.1 Å². The van der Waals surface area contributed by atoms with Crippen molar-refractivity contribution in [2.24, 2.45) is 0 Å². The van der Waals surface area contributed by atoms with Crippen LogP contribution in [0, 0.1) is 0 Å². The summed E-state index contributed by atoms with van der Waals surface area (Å²) in [6.45, 7) is 0. The van der Waals surface area contributed by atoms with Crippen molar-refractivity contribution in [2.45, 2.75) is 6.18 Å². The van der Waals surface area contributed by atoms with Crippen molar-refractivity contribution in [3.63, 3.8) is 0 Å². The van der Waals surface area contributed by atoms with Crippen LogP contribution in [0.5, 0.6) is 0 Å². The summed E-state index contributed by atoms with van der Waals surface area (Å²) in [5.41, 5.74) is -0.176. The van der Waals surface area contributed by atoms with Gasteiger partial charge in [0.25, 0.3) is 0 Å². The number of carbonyl (C=O) groups is 1. The van der Waals surface area contributed by atoms with Crippen LogP contribution >= 0.6 is 15.9 Å². The zero-order valence-electron chi connectivity index (χ0n) is 11.2. The van der Waals surface area contributed by atoms with E-state index >= 15 is 0 Å². The van der Waals surface area contributed by atoms with Gasteiger partial charge in [-0.15, -0.1) is 0 Å². The van der Waals surface area contributed by atoms with E-state index in [1.165, 1.54) is 6.07 Å². The maximum atomic E-state index is 12.9. The summed E-state index contributed by atoms with van der Waals surface area (Å²) >= 11 is 3.14. The van der Waals surface area contributed by atoms with Crippen LogP contribution < -0.4 is 0 Å². The van der Waals surface area contributed by atoms with E-state index in [2.05, 4.69) is 15.9 Å². The number of carbonyl (C=O) groups excluding carboxylic acids is 1. The highest BCUT2D eigenvalue weighted by Gasteiger charge is 2.30. The molecule has 0 amide bonds. The Hall–Kier alpha value is -1.88. The minimum atomic E-state index is -4.39. The molecule has 1 nitrogen and oxygen atoms in total. The second-order valence-electron chi connectivity index (χ2n) is 4.96. The molecule has 0 fully saturated rings. The minimum Gasteiger partial charge on any atom is -0.293 e. The van der Waals surface area contributed by atoms with Crippen LogP contribution in [0.4, 0.5) is 13.2 Å². The first kappa shape index (κ1) is 15.0. The molecular weight excluding hydrogens is 357 g/mol. The van der Waals surface area contributed by atoms with E-state index in [1.807, 2.05) is 0 Å². The summed E-state index contributed by atoms with van der Waals surface area (Å²) in [5, 5.41) is 2.60. The number of alkyl halides is 4. The van der Waals surface area contributed by atoms with Gasteiger partial charge in [-0.05, 0) is 39.7 Å². The molecule has 0 heterocycles. The Morgan fingerprint density at radius 2 is 1.64 bits per heavy atom. The maximum absolute atomic E-state index is 12.9. The number of fused-ring (bicyclic) bond motifs is 3. The van der Waals surface area contributed by atoms with E-state index in [4.69, 9.17) is 0 Å². The Labute approximate surface area is 132 Å². The number of Topliss-reactive ketones (excluding diaryl/α,β-unsaturated/α-hetero) is 1. The van der Waals surface area contributed by atoms with Gasteiger partial charge < -0.3 is 0 Å². The Kier molecular flexibility index (Phi) is 3.68. The molecule has 22 heavy (non-hydrogen) atoms. The van der Waals surface area contributed by atoms with E-state index in [1.54, 1.807) is 30.3 Å². The van der Waals surface area contributed by atoms with Crippen molar-refractivity contribution in [2.75, 3.05) is 5.33 Å². The standard InChI is InChI=1S/C17H10BrF3O/c18-9-16(22)15-7-10-5-6-11(17(19,20)21)8-14(10)12-3-1-2-4-13(12)15/h1-8H,9H2. The number of benzene rings is 3. The summed E-state index contributed by atoms with van der Waals surface area (Å²) < 4.78 is 38.8. The van der Waals surface area contributed by atoms with Crippen LogP contribution in [0.25, 0.3) is 21.5 Å². The van der Waals surface area contributed by atoms with Gasteiger partial charge in [0.2, 0.25) is 0 Å². The average Bonchev–Trinajstić information content (AvgIpc) is 2.52. The highest BCUT2D eigenvalue weighted by atomic mass is 79.9. The molecule has 0 aliphatic carbocycles. The van der Waals surface area contributed by atoms with E-state index in [-0.39, 0.29) is 11.1 Å². The Morgan fingerprint density at radius 1 is 0.955 bits per heavy atom. The first-order valence-corrected chi connectivity index (χ1v) is 7.66. The first-order chi connectivity index (χ1) is 10.4. The molecule has 0 N–H and O–H groups in total. The van der Waals surface area contributed by atoms with Crippen LogP contribution in [0.2, 0.25) is 0 Å². The van der Waals surface area contributed by atoms with Gasteiger partial charge in [0, 0.05) is 5.56 Å². The van der Waals surface area contributed by atoms with Gasteiger partial charge in [-0.2, -0.15) is 13.2 Å². The van der Waals surface area contributed by atoms with Gasteiger partial charge in [0.15, 0.2) is 5.78 Å². The highest BCUT2D eigenvalue weighted by molar-refractivity contribution is 9.09. The third-order valence-electron chi connectivity index (χ3n) is 3.61. The molecular formula is C17H10BrF3O. The molecule has 3 aromatic carbocycles. The van der Waals surface area contributed by atoms with Crippen molar-refractivity contribution in [1.82, 2.24) is 0 Å². The fraction of sp³-hybridized carbons (Fsp3) is 0.118. The van der Waals surface area contributed by atoms with E-state index < -0.39 is 11.7 Å². The smallest absolute Gasteiger partial charge is 0.293 e. The monoisotopic (exact) mass is 366 g/mol. The van der Waals surface area contributed by atoms with Crippen molar-refractivity contribution >= 4 is 43.3 Å². The zero-order chi connectivity index (χ0) is 15.9. The first-order valence-electron chi connectivity index (χ1n) is 6.53. The molecule has 3 aromatic rings. The lowest BCUT2D eigenvalue weighted by Crippen LogP contribution is -2.05. The summed E-state index contributed by atoms with van der Waals surface area (Å²) in [6, 6.07) is 12.3. The fourth-order valence-corrected chi connectivity index (χ4v) is 2.88. The van der Waals surface area contributed by atoms with E-state index in [0.29, 0.717) is 27.1 Å². The van der Waals surface area contributed by atoms with Crippen LogP contribution in [-0.2, 0) is 6.18 Å². The lowest BCUT2D eigenvalue weighted by Gasteiger charge is -2.12. The molecule has 112 valence electrons. The minimum absolute atomic E-state index is 0.0991. The molecule has 5 heteroatoms. The number of hydrogen-bond acceptors (Lipinski definition) is 1. The Morgan fingerprint density at radius 3 is 2.27 bits per heavy atom. The van der Waals surface area contributed by atoms with Crippen molar-refractivity contribution < 1.29 is 18.0 Å². The molecule has 0 radical (unpaired) electrons. The van der Waals surface area contributed by atoms with Crippen LogP contribution in [0.3, 0.4) is 0 Å². The van der Waals surface area contributed by atoms with E-state index in [9.17, 15) is 18.0 Å². The van der Waals surface area contributed by atoms with Gasteiger partial charge in [-0.1, -0.05) is 46.3 Å². The van der Waals surface area contributed by atoms with Crippen molar-refractivity contribution in [3.8, 4) is 0 Å². The molecule has 0 aromatic heterocycles. The van der Waals surface area contributed by atoms with Gasteiger partial charge in [0.05, 0.1) is 10.9 Å². The van der Waals surface area contributed by atoms with Crippen LogP contribution in [0.15, 0.2) is 48.5 Å². The molecule has 3 rings (SSSR count). The number of ketones is 1. The average molecular weight is 367 g/mol. The molecule has 0 aliphatic heterocycles. The maximum Gasteiger partial charge on any atom is 0.416 e. The van der Waals surface area contributed by atoms with Gasteiger partial charge in [0.1, 0.15) is 0 Å². The quantitative estimate of drug-likeness (QED) is 0.328. The highest BCUT2D eigenvalue weighted by Crippen LogP contribution is 2.35. The zero-order valence-corrected chi connectivity index (χ0v) is 12.8. The second kappa shape index (κ2) is 5.39. The summed E-state index contributed by atoms with van der Waals surface area (Å²) in [7, 11) is 0. The Bertz CT molecular complexity index is 884. The number of hydrogen-bond donors (Lipinski definition) is 0. The second-order valence-corrected chi connectivity index (χ2v) is 5.52. The molecule has 0 aliphatic rings. The lowest BCUT2D eigenvalue weighted by atomic mass is 9.94. The molecule has 0 saturated carbocycles. The summed E-state index contributed by atoms with van der Waals surface area (Å²) in [6.07, 6.45) is -4.39. The fourth-order valence-electron chi connectivity index (χ4n) is 2.58. The number of rotatable bonds is 2. The molecule has 0 saturated heterocycles. The largest absolute Gasteiger partial charge is 0.416 e. The van der Waals surface area contributed by atoms with Crippen molar-refractivity contribution in [1.29, 1.82) is 0 Å². The summed E-state index contributed by atoms with van der Waals surface area (Å²) in [4.78, 5) is 12.1. The normalized spacial score (nSPS) is 12.0. The lowest BCUT2D eigenvalue weighted by molar-refractivity contribution is -0.137. The van der Waals surface area contributed by atoms with Gasteiger partial charge >= 0.3 is 6.18 Å². The third kappa shape index (κ3) is 2.50. The predicted octanol–water partition coefficient (Wildman–Crippen LogP) is 5.59. The predicted molar refractivity (Wildman–Crippen MR) is 84.6 cm³/mol. The Balaban J connectivity index is 2.41. The van der Waals surface area contributed by atoms with Gasteiger partial charge in [-0.3, -0.25) is 4.79 Å². The molecule has 0 unspecified atom stereocenters. The van der Waals surface area contributed by atoms with E-state index in [0.717, 1.165) is 12.1 Å². The van der Waals surface area contributed by atoms with Crippen LogP contribution in [0.1, 0.15) is 15.9 Å². The van der Waals surface area contributed by atoms with Gasteiger partial charge in [-0.25, -0.2) is 0 Å². The summed E-state index contributed by atoms with van der Waals surface area (Å²) in [5.74, 6) is -0.0991. The van der Waals surface area contributed by atoms with Crippen LogP contribution in [-0.4, -0.2) is 11.1 Å². The SMILES string of the molecule is O=C(CBr)c1cc2ccc(C(F)(F)F)cc2c2ccccc12. The third-order valence-corrected chi connectivity index (χ3v) is 4.12.